The molecule has 0 aliphatic carbocycles. The van der Waals surface area contributed by atoms with Gasteiger partial charge in [0, 0.05) is 22.5 Å². The summed E-state index contributed by atoms with van der Waals surface area (Å²) in [5.74, 6) is 0.00868. The van der Waals surface area contributed by atoms with Crippen LogP contribution < -0.4 is 0 Å². The topological polar surface area (TPSA) is 20.3 Å². The summed E-state index contributed by atoms with van der Waals surface area (Å²) in [7, 11) is 1.81. The third-order valence-electron chi connectivity index (χ3n) is 2.51. The highest BCUT2D eigenvalue weighted by molar-refractivity contribution is 9.11. The van der Waals surface area contributed by atoms with Crippen molar-refractivity contribution in [3.8, 4) is 0 Å². The molecule has 0 aliphatic rings. The standard InChI is InChI=1S/C13H11Br2NOS/c1-16(7-9-4-5-18-8-9)13(17)11-6-10(14)2-3-12(11)15/h2-6,8H,7H2,1H3. The molecular weight excluding hydrogens is 378 g/mol. The van der Waals surface area contributed by atoms with Crippen LogP contribution in [0.2, 0.25) is 0 Å². The van der Waals surface area contributed by atoms with Crippen LogP contribution in [-0.4, -0.2) is 17.9 Å². The molecule has 5 heteroatoms. The Bertz CT molecular complexity index is 554. The SMILES string of the molecule is CN(Cc1ccsc1)C(=O)c1cc(Br)ccc1Br. The van der Waals surface area contributed by atoms with Crippen LogP contribution in [0, 0.1) is 0 Å². The Hall–Kier alpha value is -0.650. The molecular formula is C13H11Br2NOS. The van der Waals surface area contributed by atoms with Gasteiger partial charge in [0.05, 0.1) is 5.56 Å². The fourth-order valence-electron chi connectivity index (χ4n) is 1.60. The van der Waals surface area contributed by atoms with Crippen molar-refractivity contribution in [3.05, 3.63) is 55.1 Å². The van der Waals surface area contributed by atoms with Crippen molar-refractivity contribution < 1.29 is 4.79 Å². The lowest BCUT2D eigenvalue weighted by Gasteiger charge is -2.17. The van der Waals surface area contributed by atoms with Crippen LogP contribution in [0.3, 0.4) is 0 Å². The summed E-state index contributed by atoms with van der Waals surface area (Å²) in [5.41, 5.74) is 1.82. The number of thiophene rings is 1. The fourth-order valence-corrected chi connectivity index (χ4v) is 3.03. The zero-order valence-corrected chi connectivity index (χ0v) is 13.7. The van der Waals surface area contributed by atoms with Crippen LogP contribution in [0.1, 0.15) is 15.9 Å². The molecule has 0 unspecified atom stereocenters. The van der Waals surface area contributed by atoms with Gasteiger partial charge in [-0.25, -0.2) is 0 Å². The smallest absolute Gasteiger partial charge is 0.255 e. The highest BCUT2D eigenvalue weighted by Gasteiger charge is 2.15. The Morgan fingerprint density at radius 1 is 1.33 bits per heavy atom. The minimum Gasteiger partial charge on any atom is -0.337 e. The summed E-state index contributed by atoms with van der Waals surface area (Å²) in [4.78, 5) is 14.0. The maximum absolute atomic E-state index is 12.3. The Balaban J connectivity index is 2.17. The number of benzene rings is 1. The minimum absolute atomic E-state index is 0.00868. The number of hydrogen-bond acceptors (Lipinski definition) is 2. The van der Waals surface area contributed by atoms with Gasteiger partial charge in [-0.05, 0) is 56.5 Å². The lowest BCUT2D eigenvalue weighted by atomic mass is 10.2. The van der Waals surface area contributed by atoms with Crippen LogP contribution in [0.5, 0.6) is 0 Å². The molecule has 1 amide bonds. The molecule has 0 bridgehead atoms. The van der Waals surface area contributed by atoms with Crippen LogP contribution in [0.25, 0.3) is 0 Å². The molecule has 0 saturated carbocycles. The van der Waals surface area contributed by atoms with Crippen molar-refractivity contribution >= 4 is 49.1 Å². The number of halogens is 2. The zero-order valence-electron chi connectivity index (χ0n) is 9.69. The van der Waals surface area contributed by atoms with Gasteiger partial charge in [0.2, 0.25) is 0 Å². The van der Waals surface area contributed by atoms with E-state index < -0.39 is 0 Å². The van der Waals surface area contributed by atoms with Gasteiger partial charge in [-0.2, -0.15) is 11.3 Å². The van der Waals surface area contributed by atoms with E-state index in [-0.39, 0.29) is 5.91 Å². The first-order valence-electron chi connectivity index (χ1n) is 5.29. The fraction of sp³-hybridized carbons (Fsp3) is 0.154. The first kappa shape index (κ1) is 13.8. The molecule has 1 aromatic carbocycles. The lowest BCUT2D eigenvalue weighted by molar-refractivity contribution is 0.0784. The predicted molar refractivity (Wildman–Crippen MR) is 82.0 cm³/mol. The van der Waals surface area contributed by atoms with Crippen molar-refractivity contribution in [1.29, 1.82) is 0 Å². The van der Waals surface area contributed by atoms with E-state index in [1.807, 2.05) is 36.7 Å². The maximum Gasteiger partial charge on any atom is 0.255 e. The van der Waals surface area contributed by atoms with E-state index in [0.29, 0.717) is 12.1 Å². The maximum atomic E-state index is 12.3. The van der Waals surface area contributed by atoms with Gasteiger partial charge in [-0.3, -0.25) is 4.79 Å². The largest absolute Gasteiger partial charge is 0.337 e. The first-order chi connectivity index (χ1) is 8.58. The van der Waals surface area contributed by atoms with Gasteiger partial charge in [0.1, 0.15) is 0 Å². The highest BCUT2D eigenvalue weighted by Crippen LogP contribution is 2.23. The summed E-state index contributed by atoms with van der Waals surface area (Å²) < 4.78 is 1.71. The van der Waals surface area contributed by atoms with Crippen LogP contribution in [0.4, 0.5) is 0 Å². The summed E-state index contributed by atoms with van der Waals surface area (Å²) in [5, 5.41) is 4.07. The molecule has 0 N–H and O–H groups in total. The number of rotatable bonds is 3. The van der Waals surface area contributed by atoms with E-state index in [9.17, 15) is 4.79 Å². The minimum atomic E-state index is 0.00868. The summed E-state index contributed by atoms with van der Waals surface area (Å²) in [6.45, 7) is 0.626. The Labute approximate surface area is 127 Å². The van der Waals surface area contributed by atoms with Gasteiger partial charge >= 0.3 is 0 Å². The number of carbonyl (C=O) groups excluding carboxylic acids is 1. The summed E-state index contributed by atoms with van der Waals surface area (Å²) >= 11 is 8.44. The van der Waals surface area contributed by atoms with Gasteiger partial charge in [-0.15, -0.1) is 0 Å². The zero-order chi connectivity index (χ0) is 13.1. The van der Waals surface area contributed by atoms with Gasteiger partial charge in [0.25, 0.3) is 5.91 Å². The van der Waals surface area contributed by atoms with Crippen molar-refractivity contribution in [2.75, 3.05) is 7.05 Å². The second kappa shape index (κ2) is 5.99. The molecule has 94 valence electrons. The monoisotopic (exact) mass is 387 g/mol. The molecule has 1 aromatic heterocycles. The van der Waals surface area contributed by atoms with Crippen molar-refractivity contribution in [1.82, 2.24) is 4.90 Å². The van der Waals surface area contributed by atoms with E-state index in [1.54, 1.807) is 16.2 Å². The lowest BCUT2D eigenvalue weighted by Crippen LogP contribution is -2.26. The number of hydrogen-bond donors (Lipinski definition) is 0. The van der Waals surface area contributed by atoms with Crippen molar-refractivity contribution in [2.45, 2.75) is 6.54 Å². The quantitative estimate of drug-likeness (QED) is 0.755. The Morgan fingerprint density at radius 2 is 2.11 bits per heavy atom. The van der Waals surface area contributed by atoms with Gasteiger partial charge < -0.3 is 4.90 Å². The third kappa shape index (κ3) is 3.22. The molecule has 2 aromatic rings. The van der Waals surface area contributed by atoms with E-state index >= 15 is 0 Å². The molecule has 0 spiro atoms. The molecule has 2 nitrogen and oxygen atoms in total. The molecule has 0 atom stereocenters. The molecule has 2 rings (SSSR count). The van der Waals surface area contributed by atoms with Gasteiger partial charge in [0.15, 0.2) is 0 Å². The Morgan fingerprint density at radius 3 is 2.78 bits per heavy atom. The number of nitrogens with zero attached hydrogens (tertiary/aromatic N) is 1. The summed E-state index contributed by atoms with van der Waals surface area (Å²) in [6, 6.07) is 7.64. The van der Waals surface area contributed by atoms with Crippen LogP contribution >= 0.6 is 43.2 Å². The van der Waals surface area contributed by atoms with E-state index in [4.69, 9.17) is 0 Å². The average Bonchev–Trinajstić information content (AvgIpc) is 2.84. The highest BCUT2D eigenvalue weighted by atomic mass is 79.9. The molecule has 18 heavy (non-hydrogen) atoms. The molecule has 0 radical (unpaired) electrons. The normalized spacial score (nSPS) is 10.4. The van der Waals surface area contributed by atoms with Crippen LogP contribution in [-0.2, 0) is 6.54 Å². The van der Waals surface area contributed by atoms with E-state index in [2.05, 4.69) is 37.2 Å². The van der Waals surface area contributed by atoms with Gasteiger partial charge in [-0.1, -0.05) is 15.9 Å². The van der Waals surface area contributed by atoms with E-state index in [1.165, 1.54) is 0 Å². The second-order valence-corrected chi connectivity index (χ2v) is 6.47. The number of amides is 1. The molecule has 1 heterocycles. The molecule has 0 aliphatic heterocycles. The Kier molecular flexibility index (Phi) is 4.59. The second-order valence-electron chi connectivity index (χ2n) is 3.92. The number of carbonyl (C=O) groups is 1. The predicted octanol–water partition coefficient (Wildman–Crippen LogP) is 4.55. The summed E-state index contributed by atoms with van der Waals surface area (Å²) in [6.07, 6.45) is 0. The molecule has 0 saturated heterocycles. The average molecular weight is 389 g/mol. The van der Waals surface area contributed by atoms with Crippen molar-refractivity contribution in [2.24, 2.45) is 0 Å². The van der Waals surface area contributed by atoms with Crippen molar-refractivity contribution in [3.63, 3.8) is 0 Å². The van der Waals surface area contributed by atoms with Crippen LogP contribution in [0.15, 0.2) is 44.0 Å². The van der Waals surface area contributed by atoms with E-state index in [0.717, 1.165) is 14.5 Å². The third-order valence-corrected chi connectivity index (χ3v) is 4.42. The first-order valence-corrected chi connectivity index (χ1v) is 7.82. The molecule has 0 fully saturated rings.